The molecule has 2 rings (SSSR count). The zero-order valence-electron chi connectivity index (χ0n) is 10.9. The first-order chi connectivity index (χ1) is 8.69. The van der Waals surface area contributed by atoms with E-state index in [4.69, 9.17) is 5.73 Å². The van der Waals surface area contributed by atoms with Gasteiger partial charge in [-0.1, -0.05) is 6.42 Å². The van der Waals surface area contributed by atoms with Gasteiger partial charge in [0.25, 0.3) is 0 Å². The fourth-order valence-corrected chi connectivity index (χ4v) is 2.20. The second kappa shape index (κ2) is 5.85. The summed E-state index contributed by atoms with van der Waals surface area (Å²) in [5.41, 5.74) is 7.00. The number of hydrogen-bond acceptors (Lipinski definition) is 3. The maximum atomic E-state index is 12.2. The predicted molar refractivity (Wildman–Crippen MR) is 71.9 cm³/mol. The number of carbonyl (C=O) groups excluding carboxylic acids is 1. The Morgan fingerprint density at radius 1 is 1.50 bits per heavy atom. The number of likely N-dealkylation sites (N-methyl/N-ethyl adjacent to an activating group) is 1. The van der Waals surface area contributed by atoms with Crippen LogP contribution >= 0.6 is 0 Å². The van der Waals surface area contributed by atoms with E-state index in [2.05, 4.69) is 4.98 Å². The lowest BCUT2D eigenvalue weighted by atomic mass is 9.85. The molecular formula is C14H21N3O. The van der Waals surface area contributed by atoms with Crippen molar-refractivity contribution >= 4 is 11.6 Å². The third-order valence-corrected chi connectivity index (χ3v) is 3.62. The molecule has 1 saturated carbocycles. The molecule has 18 heavy (non-hydrogen) atoms. The van der Waals surface area contributed by atoms with Crippen molar-refractivity contribution < 1.29 is 4.79 Å². The maximum Gasteiger partial charge on any atom is 0.228 e. The van der Waals surface area contributed by atoms with Crippen molar-refractivity contribution in [3.63, 3.8) is 0 Å². The van der Waals surface area contributed by atoms with Crippen LogP contribution in [0.1, 0.15) is 31.9 Å². The average molecular weight is 247 g/mol. The molecule has 1 aromatic heterocycles. The minimum atomic E-state index is 0.168. The average Bonchev–Trinajstić information content (AvgIpc) is 2.31. The molecule has 0 radical (unpaired) electrons. The van der Waals surface area contributed by atoms with Crippen LogP contribution in [-0.4, -0.2) is 28.9 Å². The molecule has 1 heterocycles. The van der Waals surface area contributed by atoms with E-state index in [9.17, 15) is 4.79 Å². The van der Waals surface area contributed by atoms with Gasteiger partial charge in [0.1, 0.15) is 0 Å². The topological polar surface area (TPSA) is 59.2 Å². The lowest BCUT2D eigenvalue weighted by molar-refractivity contribution is -0.131. The van der Waals surface area contributed by atoms with Crippen molar-refractivity contribution in [1.82, 2.24) is 9.88 Å². The molecule has 0 atom stereocenters. The van der Waals surface area contributed by atoms with Crippen molar-refractivity contribution in [1.29, 1.82) is 0 Å². The standard InChI is InChI=1S/C14H21N3O/c1-2-17(10-11-4-3-5-11)14(18)8-13-7-6-12(15)9-16-13/h6-7,9,11H,2-5,8,10,15H2,1H3. The fraction of sp³-hybridized carbons (Fsp3) is 0.571. The molecule has 1 aromatic rings. The van der Waals surface area contributed by atoms with Gasteiger partial charge in [0, 0.05) is 18.8 Å². The largest absolute Gasteiger partial charge is 0.397 e. The number of carbonyl (C=O) groups is 1. The highest BCUT2D eigenvalue weighted by Gasteiger charge is 2.22. The van der Waals surface area contributed by atoms with Crippen molar-refractivity contribution in [2.75, 3.05) is 18.8 Å². The zero-order valence-corrected chi connectivity index (χ0v) is 10.9. The van der Waals surface area contributed by atoms with E-state index in [1.165, 1.54) is 19.3 Å². The third kappa shape index (κ3) is 3.22. The molecule has 4 heteroatoms. The van der Waals surface area contributed by atoms with Gasteiger partial charge in [0.05, 0.1) is 18.3 Å². The summed E-state index contributed by atoms with van der Waals surface area (Å²) in [6, 6.07) is 3.61. The SMILES string of the molecule is CCN(CC1CCC1)C(=O)Cc1ccc(N)cn1. The van der Waals surface area contributed by atoms with Crippen LogP contribution in [0.2, 0.25) is 0 Å². The molecule has 0 saturated heterocycles. The predicted octanol–water partition coefficient (Wildman–Crippen LogP) is 1.85. The Labute approximate surface area is 108 Å². The van der Waals surface area contributed by atoms with Gasteiger partial charge in [0.15, 0.2) is 0 Å². The Bertz CT molecular complexity index is 398. The van der Waals surface area contributed by atoms with Crippen LogP contribution in [0.4, 0.5) is 5.69 Å². The number of pyridine rings is 1. The van der Waals surface area contributed by atoms with E-state index >= 15 is 0 Å². The summed E-state index contributed by atoms with van der Waals surface area (Å²) in [7, 11) is 0. The van der Waals surface area contributed by atoms with Crippen LogP contribution in [0.3, 0.4) is 0 Å². The zero-order chi connectivity index (χ0) is 13.0. The maximum absolute atomic E-state index is 12.2. The molecular weight excluding hydrogens is 226 g/mol. The van der Waals surface area contributed by atoms with E-state index in [1.54, 1.807) is 12.3 Å². The van der Waals surface area contributed by atoms with Crippen molar-refractivity contribution in [2.45, 2.75) is 32.6 Å². The van der Waals surface area contributed by atoms with Gasteiger partial charge in [-0.25, -0.2) is 0 Å². The van der Waals surface area contributed by atoms with E-state index < -0.39 is 0 Å². The van der Waals surface area contributed by atoms with Crippen LogP contribution in [0.15, 0.2) is 18.3 Å². The summed E-state index contributed by atoms with van der Waals surface area (Å²) in [6.07, 6.45) is 5.83. The molecule has 4 nitrogen and oxygen atoms in total. The molecule has 2 N–H and O–H groups in total. The van der Waals surface area contributed by atoms with Crippen molar-refractivity contribution in [3.05, 3.63) is 24.0 Å². The summed E-state index contributed by atoms with van der Waals surface area (Å²) in [6.45, 7) is 3.72. The van der Waals surface area contributed by atoms with E-state index in [-0.39, 0.29) is 5.91 Å². The van der Waals surface area contributed by atoms with Crippen LogP contribution < -0.4 is 5.73 Å². The quantitative estimate of drug-likeness (QED) is 0.864. The van der Waals surface area contributed by atoms with Crippen LogP contribution in [-0.2, 0) is 11.2 Å². The number of nitrogens with two attached hydrogens (primary N) is 1. The lowest BCUT2D eigenvalue weighted by Gasteiger charge is -2.31. The molecule has 1 aliphatic carbocycles. The summed E-state index contributed by atoms with van der Waals surface area (Å²) in [5, 5.41) is 0. The molecule has 98 valence electrons. The van der Waals surface area contributed by atoms with Gasteiger partial charge in [-0.15, -0.1) is 0 Å². The second-order valence-corrected chi connectivity index (χ2v) is 4.99. The monoisotopic (exact) mass is 247 g/mol. The molecule has 1 aliphatic rings. The first-order valence-corrected chi connectivity index (χ1v) is 6.67. The molecule has 0 bridgehead atoms. The van der Waals surface area contributed by atoms with Crippen molar-refractivity contribution in [3.8, 4) is 0 Å². The molecule has 1 amide bonds. The first kappa shape index (κ1) is 12.9. The summed E-state index contributed by atoms with van der Waals surface area (Å²) in [5.74, 6) is 0.884. The van der Waals surface area contributed by atoms with Crippen molar-refractivity contribution in [2.24, 2.45) is 5.92 Å². The summed E-state index contributed by atoms with van der Waals surface area (Å²) < 4.78 is 0. The lowest BCUT2D eigenvalue weighted by Crippen LogP contribution is -2.38. The molecule has 0 unspecified atom stereocenters. The van der Waals surface area contributed by atoms with E-state index in [0.717, 1.165) is 18.8 Å². The number of nitrogens with zero attached hydrogens (tertiary/aromatic N) is 2. The highest BCUT2D eigenvalue weighted by molar-refractivity contribution is 5.78. The first-order valence-electron chi connectivity index (χ1n) is 6.67. The Morgan fingerprint density at radius 2 is 2.28 bits per heavy atom. The van der Waals surface area contributed by atoms with Gasteiger partial charge >= 0.3 is 0 Å². The number of hydrogen-bond donors (Lipinski definition) is 1. The summed E-state index contributed by atoms with van der Waals surface area (Å²) in [4.78, 5) is 18.3. The second-order valence-electron chi connectivity index (χ2n) is 4.99. The third-order valence-electron chi connectivity index (χ3n) is 3.62. The van der Waals surface area contributed by atoms with Gasteiger partial charge in [-0.3, -0.25) is 9.78 Å². The Hall–Kier alpha value is -1.58. The van der Waals surface area contributed by atoms with Gasteiger partial charge in [-0.05, 0) is 37.8 Å². The van der Waals surface area contributed by atoms with Gasteiger partial charge in [0.2, 0.25) is 5.91 Å². The number of nitrogen functional groups attached to an aromatic ring is 1. The molecule has 1 fully saturated rings. The van der Waals surface area contributed by atoms with Crippen LogP contribution in [0.5, 0.6) is 0 Å². The van der Waals surface area contributed by atoms with Crippen LogP contribution in [0, 0.1) is 5.92 Å². The number of rotatable bonds is 5. The fourth-order valence-electron chi connectivity index (χ4n) is 2.20. The number of aromatic nitrogens is 1. The highest BCUT2D eigenvalue weighted by Crippen LogP contribution is 2.27. The minimum absolute atomic E-state index is 0.168. The highest BCUT2D eigenvalue weighted by atomic mass is 16.2. The van der Waals surface area contributed by atoms with E-state index in [1.807, 2.05) is 17.9 Å². The number of anilines is 1. The normalized spacial score (nSPS) is 15.2. The van der Waals surface area contributed by atoms with Gasteiger partial charge < -0.3 is 10.6 Å². The Balaban J connectivity index is 1.89. The molecule has 0 aliphatic heterocycles. The molecule has 0 aromatic carbocycles. The smallest absolute Gasteiger partial charge is 0.228 e. The minimum Gasteiger partial charge on any atom is -0.397 e. The number of amides is 1. The van der Waals surface area contributed by atoms with Gasteiger partial charge in [-0.2, -0.15) is 0 Å². The Kier molecular flexibility index (Phi) is 4.18. The van der Waals surface area contributed by atoms with E-state index in [0.29, 0.717) is 18.0 Å². The van der Waals surface area contributed by atoms with Crippen LogP contribution in [0.25, 0.3) is 0 Å². The summed E-state index contributed by atoms with van der Waals surface area (Å²) >= 11 is 0. The Morgan fingerprint density at radius 3 is 2.78 bits per heavy atom. The molecule has 0 spiro atoms.